The van der Waals surface area contributed by atoms with Crippen molar-refractivity contribution in [2.75, 3.05) is 11.9 Å². The van der Waals surface area contributed by atoms with E-state index in [0.29, 0.717) is 11.1 Å². The van der Waals surface area contributed by atoms with Crippen molar-refractivity contribution in [1.82, 2.24) is 4.98 Å². The second-order valence-corrected chi connectivity index (χ2v) is 3.59. The standard InChI is InChI=1S/C10H15ClN2/c1-3-8(2)7-13-9-5-4-6-12-10(9)11/h4-6,8,13H,3,7H2,1-2H3. The lowest BCUT2D eigenvalue weighted by Crippen LogP contribution is -2.10. The van der Waals surface area contributed by atoms with Gasteiger partial charge in [-0.15, -0.1) is 0 Å². The molecule has 3 heteroatoms. The molecule has 1 atom stereocenters. The molecule has 1 N–H and O–H groups in total. The van der Waals surface area contributed by atoms with Gasteiger partial charge < -0.3 is 5.32 Å². The van der Waals surface area contributed by atoms with Gasteiger partial charge in [-0.25, -0.2) is 4.98 Å². The summed E-state index contributed by atoms with van der Waals surface area (Å²) in [4.78, 5) is 3.99. The fraction of sp³-hybridized carbons (Fsp3) is 0.500. The zero-order valence-corrected chi connectivity index (χ0v) is 8.80. The predicted molar refractivity (Wildman–Crippen MR) is 57.2 cm³/mol. The Labute approximate surface area is 84.3 Å². The molecule has 0 saturated carbocycles. The minimum Gasteiger partial charge on any atom is -0.382 e. The molecule has 0 radical (unpaired) electrons. The van der Waals surface area contributed by atoms with Gasteiger partial charge in [0.1, 0.15) is 0 Å². The van der Waals surface area contributed by atoms with Crippen LogP contribution in [0.2, 0.25) is 5.15 Å². The highest BCUT2D eigenvalue weighted by Crippen LogP contribution is 2.17. The van der Waals surface area contributed by atoms with Gasteiger partial charge in [-0.2, -0.15) is 0 Å². The molecule has 1 heterocycles. The van der Waals surface area contributed by atoms with Crippen molar-refractivity contribution in [1.29, 1.82) is 0 Å². The van der Waals surface area contributed by atoms with E-state index in [1.807, 2.05) is 12.1 Å². The molecule has 0 amide bonds. The number of hydrogen-bond acceptors (Lipinski definition) is 2. The Kier molecular flexibility index (Phi) is 4.03. The molecule has 13 heavy (non-hydrogen) atoms. The zero-order valence-electron chi connectivity index (χ0n) is 8.05. The van der Waals surface area contributed by atoms with E-state index < -0.39 is 0 Å². The molecule has 1 aromatic rings. The van der Waals surface area contributed by atoms with Gasteiger partial charge in [0.2, 0.25) is 0 Å². The summed E-state index contributed by atoms with van der Waals surface area (Å²) in [5, 5.41) is 3.82. The summed E-state index contributed by atoms with van der Waals surface area (Å²) in [6.07, 6.45) is 2.86. The zero-order chi connectivity index (χ0) is 9.68. The van der Waals surface area contributed by atoms with Crippen molar-refractivity contribution < 1.29 is 0 Å². The van der Waals surface area contributed by atoms with E-state index in [0.717, 1.165) is 12.2 Å². The molecule has 72 valence electrons. The van der Waals surface area contributed by atoms with Crippen molar-refractivity contribution in [3.8, 4) is 0 Å². The molecule has 0 bridgehead atoms. The third kappa shape index (κ3) is 3.23. The third-order valence-electron chi connectivity index (χ3n) is 2.10. The van der Waals surface area contributed by atoms with Crippen LogP contribution in [0.25, 0.3) is 0 Å². The van der Waals surface area contributed by atoms with E-state index in [2.05, 4.69) is 24.1 Å². The van der Waals surface area contributed by atoms with Crippen molar-refractivity contribution in [3.05, 3.63) is 23.5 Å². The Morgan fingerprint density at radius 3 is 3.00 bits per heavy atom. The smallest absolute Gasteiger partial charge is 0.152 e. The highest BCUT2D eigenvalue weighted by atomic mass is 35.5. The average molecular weight is 199 g/mol. The first-order valence-corrected chi connectivity index (χ1v) is 4.96. The number of rotatable bonds is 4. The van der Waals surface area contributed by atoms with Crippen LogP contribution >= 0.6 is 11.6 Å². The molecular formula is C10H15ClN2. The van der Waals surface area contributed by atoms with Gasteiger partial charge in [-0.05, 0) is 18.1 Å². The molecule has 0 aliphatic heterocycles. The average Bonchev–Trinajstić information content (AvgIpc) is 2.16. The van der Waals surface area contributed by atoms with E-state index in [-0.39, 0.29) is 0 Å². The molecule has 0 spiro atoms. The van der Waals surface area contributed by atoms with Crippen LogP contribution in [0.5, 0.6) is 0 Å². The van der Waals surface area contributed by atoms with Crippen LogP contribution in [0.4, 0.5) is 5.69 Å². The molecule has 0 aliphatic rings. The topological polar surface area (TPSA) is 24.9 Å². The number of halogens is 1. The van der Waals surface area contributed by atoms with E-state index in [9.17, 15) is 0 Å². The van der Waals surface area contributed by atoms with Gasteiger partial charge >= 0.3 is 0 Å². The molecule has 1 aromatic heterocycles. The number of nitrogens with one attached hydrogen (secondary N) is 1. The third-order valence-corrected chi connectivity index (χ3v) is 2.40. The summed E-state index contributed by atoms with van der Waals surface area (Å²) in [7, 11) is 0. The largest absolute Gasteiger partial charge is 0.382 e. The van der Waals surface area contributed by atoms with E-state index >= 15 is 0 Å². The maximum Gasteiger partial charge on any atom is 0.152 e. The molecule has 2 nitrogen and oxygen atoms in total. The Balaban J connectivity index is 2.50. The molecule has 1 rings (SSSR count). The molecule has 0 aromatic carbocycles. The van der Waals surface area contributed by atoms with Crippen LogP contribution in [0.1, 0.15) is 20.3 Å². The van der Waals surface area contributed by atoms with Gasteiger partial charge in [0.15, 0.2) is 5.15 Å². The number of anilines is 1. The van der Waals surface area contributed by atoms with Crippen LogP contribution < -0.4 is 5.32 Å². The Hall–Kier alpha value is -0.760. The van der Waals surface area contributed by atoms with Crippen molar-refractivity contribution in [3.63, 3.8) is 0 Å². The summed E-state index contributed by atoms with van der Waals surface area (Å²) in [6, 6.07) is 3.82. The van der Waals surface area contributed by atoms with Crippen molar-refractivity contribution >= 4 is 17.3 Å². The highest BCUT2D eigenvalue weighted by molar-refractivity contribution is 6.31. The van der Waals surface area contributed by atoms with Gasteiger partial charge in [0, 0.05) is 12.7 Å². The van der Waals surface area contributed by atoms with E-state index in [4.69, 9.17) is 11.6 Å². The second kappa shape index (κ2) is 5.07. The van der Waals surface area contributed by atoms with Crippen LogP contribution in [0.3, 0.4) is 0 Å². The van der Waals surface area contributed by atoms with E-state index in [1.54, 1.807) is 6.20 Å². The van der Waals surface area contributed by atoms with Gasteiger partial charge in [-0.3, -0.25) is 0 Å². The summed E-state index contributed by atoms with van der Waals surface area (Å²) in [6.45, 7) is 5.33. The first-order chi connectivity index (χ1) is 6.24. The summed E-state index contributed by atoms with van der Waals surface area (Å²) < 4.78 is 0. The minimum absolute atomic E-state index is 0.547. The van der Waals surface area contributed by atoms with Gasteiger partial charge in [0.25, 0.3) is 0 Å². The lowest BCUT2D eigenvalue weighted by atomic mass is 10.1. The summed E-state index contributed by atoms with van der Waals surface area (Å²) in [5.74, 6) is 0.663. The highest BCUT2D eigenvalue weighted by Gasteiger charge is 2.01. The lowest BCUT2D eigenvalue weighted by Gasteiger charge is -2.11. The van der Waals surface area contributed by atoms with E-state index in [1.165, 1.54) is 6.42 Å². The van der Waals surface area contributed by atoms with Crippen LogP contribution in [0, 0.1) is 5.92 Å². The predicted octanol–water partition coefficient (Wildman–Crippen LogP) is 3.19. The van der Waals surface area contributed by atoms with Crippen molar-refractivity contribution in [2.24, 2.45) is 5.92 Å². The second-order valence-electron chi connectivity index (χ2n) is 3.24. The lowest BCUT2D eigenvalue weighted by molar-refractivity contribution is 0.593. The maximum absolute atomic E-state index is 5.88. The SMILES string of the molecule is CCC(C)CNc1cccnc1Cl. The van der Waals surface area contributed by atoms with Crippen LogP contribution in [-0.2, 0) is 0 Å². The van der Waals surface area contributed by atoms with Gasteiger partial charge in [0.05, 0.1) is 5.69 Å². The fourth-order valence-electron chi connectivity index (χ4n) is 0.946. The molecule has 1 unspecified atom stereocenters. The Morgan fingerprint density at radius 1 is 1.62 bits per heavy atom. The summed E-state index contributed by atoms with van der Waals surface area (Å²) >= 11 is 5.88. The Bertz CT molecular complexity index is 263. The van der Waals surface area contributed by atoms with Gasteiger partial charge in [-0.1, -0.05) is 31.9 Å². The maximum atomic E-state index is 5.88. The molecule has 0 fully saturated rings. The minimum atomic E-state index is 0.547. The fourth-order valence-corrected chi connectivity index (χ4v) is 1.13. The monoisotopic (exact) mass is 198 g/mol. The number of hydrogen-bond donors (Lipinski definition) is 1. The quantitative estimate of drug-likeness (QED) is 0.752. The molecule has 0 saturated heterocycles. The first-order valence-electron chi connectivity index (χ1n) is 4.58. The number of nitrogens with zero attached hydrogens (tertiary/aromatic N) is 1. The van der Waals surface area contributed by atoms with Crippen molar-refractivity contribution in [2.45, 2.75) is 20.3 Å². The molecule has 0 aliphatic carbocycles. The normalized spacial score (nSPS) is 12.5. The van der Waals surface area contributed by atoms with Crippen LogP contribution in [0.15, 0.2) is 18.3 Å². The molecular weight excluding hydrogens is 184 g/mol. The summed E-state index contributed by atoms with van der Waals surface area (Å²) in [5.41, 5.74) is 0.921. The number of pyridine rings is 1. The number of aromatic nitrogens is 1. The van der Waals surface area contributed by atoms with Crippen LogP contribution in [-0.4, -0.2) is 11.5 Å². The first kappa shape index (κ1) is 10.3. The Morgan fingerprint density at radius 2 is 2.38 bits per heavy atom.